The average molecular weight is 359 g/mol. The summed E-state index contributed by atoms with van der Waals surface area (Å²) in [5.74, 6) is 2.05. The Morgan fingerprint density at radius 2 is 2.12 bits per heavy atom. The van der Waals surface area contributed by atoms with E-state index < -0.39 is 0 Å². The summed E-state index contributed by atoms with van der Waals surface area (Å²) in [5.41, 5.74) is 2.03. The van der Waals surface area contributed by atoms with Crippen LogP contribution in [-0.2, 0) is 13.0 Å². The van der Waals surface area contributed by atoms with Gasteiger partial charge >= 0.3 is 0 Å². The van der Waals surface area contributed by atoms with Gasteiger partial charge in [0.05, 0.1) is 0 Å². The van der Waals surface area contributed by atoms with Gasteiger partial charge in [0.25, 0.3) is 0 Å². The summed E-state index contributed by atoms with van der Waals surface area (Å²) in [6.45, 7) is 2.75. The molecule has 1 aliphatic rings. The lowest BCUT2D eigenvalue weighted by Gasteiger charge is -2.14. The number of aryl methyl sites for hydroxylation is 1. The van der Waals surface area contributed by atoms with Crippen molar-refractivity contribution >= 4 is 23.0 Å². The van der Waals surface area contributed by atoms with Crippen LogP contribution in [0.4, 0.5) is 5.69 Å². The molecule has 2 aromatic rings. The smallest absolute Gasteiger partial charge is 0.170 e. The molecule has 0 aliphatic carbocycles. The Morgan fingerprint density at radius 3 is 2.96 bits per heavy atom. The monoisotopic (exact) mass is 358 g/mol. The maximum absolute atomic E-state index is 5.37. The second kappa shape index (κ2) is 8.40. The zero-order valence-electron chi connectivity index (χ0n) is 15.0. The minimum Gasteiger partial charge on any atom is -0.361 e. The largest absolute Gasteiger partial charge is 0.361 e. The van der Waals surface area contributed by atoms with Gasteiger partial charge in [0.1, 0.15) is 5.82 Å². The van der Waals surface area contributed by atoms with Crippen molar-refractivity contribution < 1.29 is 0 Å². The Balaban J connectivity index is 1.70. The van der Waals surface area contributed by atoms with E-state index in [-0.39, 0.29) is 0 Å². The van der Waals surface area contributed by atoms with Crippen molar-refractivity contribution in [1.82, 2.24) is 25.0 Å². The zero-order chi connectivity index (χ0) is 17.6. The van der Waals surface area contributed by atoms with Gasteiger partial charge in [-0.3, -0.25) is 0 Å². The molecule has 6 nitrogen and oxygen atoms in total. The molecule has 1 aliphatic heterocycles. The van der Waals surface area contributed by atoms with Gasteiger partial charge in [0, 0.05) is 37.3 Å². The van der Waals surface area contributed by atoms with Gasteiger partial charge in [0.15, 0.2) is 10.9 Å². The Kier molecular flexibility index (Phi) is 5.99. The molecule has 0 fully saturated rings. The first-order valence-electron chi connectivity index (χ1n) is 8.85. The van der Waals surface area contributed by atoms with E-state index in [9.17, 15) is 0 Å². The summed E-state index contributed by atoms with van der Waals surface area (Å²) in [6.07, 6.45) is 4.67. The third kappa shape index (κ3) is 4.76. The molecule has 25 heavy (non-hydrogen) atoms. The van der Waals surface area contributed by atoms with Crippen molar-refractivity contribution in [2.24, 2.45) is 0 Å². The number of aromatic nitrogens is 3. The van der Waals surface area contributed by atoms with Crippen LogP contribution < -0.4 is 10.6 Å². The fourth-order valence-electron chi connectivity index (χ4n) is 3.00. The van der Waals surface area contributed by atoms with Crippen LogP contribution in [0.5, 0.6) is 0 Å². The number of rotatable bonds is 5. The third-order valence-corrected chi connectivity index (χ3v) is 4.58. The highest BCUT2D eigenvalue weighted by atomic mass is 32.1. The molecule has 0 saturated heterocycles. The third-order valence-electron chi connectivity index (χ3n) is 4.33. The highest BCUT2D eigenvalue weighted by molar-refractivity contribution is 7.80. The molecule has 0 unspecified atom stereocenters. The van der Waals surface area contributed by atoms with E-state index in [2.05, 4.69) is 42.4 Å². The molecule has 1 aromatic carbocycles. The van der Waals surface area contributed by atoms with Gasteiger partial charge in [-0.15, -0.1) is 10.2 Å². The van der Waals surface area contributed by atoms with E-state index in [1.54, 1.807) is 0 Å². The first-order valence-corrected chi connectivity index (χ1v) is 9.26. The Morgan fingerprint density at radius 1 is 1.24 bits per heavy atom. The van der Waals surface area contributed by atoms with Crippen LogP contribution >= 0.6 is 12.2 Å². The number of fused-ring (bicyclic) bond motifs is 1. The van der Waals surface area contributed by atoms with Crippen LogP contribution in [0.1, 0.15) is 25.1 Å². The highest BCUT2D eigenvalue weighted by Crippen LogP contribution is 2.24. The van der Waals surface area contributed by atoms with Gasteiger partial charge in [-0.25, -0.2) is 0 Å². The number of likely N-dealkylation sites (N-methyl/N-ethyl adjacent to an activating group) is 1. The maximum atomic E-state index is 5.37. The normalized spacial score (nSPS) is 14.0. The Hall–Kier alpha value is -1.99. The fraction of sp³-hybridized carbons (Fsp3) is 0.500. The summed E-state index contributed by atoms with van der Waals surface area (Å²) < 4.78 is 2.26. The number of thiocarbonyl (C=S) groups is 1. The maximum Gasteiger partial charge on any atom is 0.170 e. The summed E-state index contributed by atoms with van der Waals surface area (Å²) >= 11 is 5.37. The van der Waals surface area contributed by atoms with E-state index in [4.69, 9.17) is 12.2 Å². The van der Waals surface area contributed by atoms with Crippen molar-refractivity contribution in [2.45, 2.75) is 32.2 Å². The summed E-state index contributed by atoms with van der Waals surface area (Å²) in [7, 11) is 4.09. The van der Waals surface area contributed by atoms with Crippen molar-refractivity contribution in [3.05, 3.63) is 30.1 Å². The van der Waals surface area contributed by atoms with Gasteiger partial charge in [-0.2, -0.15) is 0 Å². The van der Waals surface area contributed by atoms with E-state index in [1.807, 2.05) is 26.2 Å². The van der Waals surface area contributed by atoms with Crippen molar-refractivity contribution in [3.63, 3.8) is 0 Å². The quantitative estimate of drug-likeness (QED) is 0.801. The minimum atomic E-state index is 0.638. The number of hydrogen-bond donors (Lipinski definition) is 2. The van der Waals surface area contributed by atoms with E-state index in [1.165, 1.54) is 19.3 Å². The van der Waals surface area contributed by atoms with Gasteiger partial charge < -0.3 is 20.1 Å². The number of anilines is 1. The predicted molar refractivity (Wildman–Crippen MR) is 106 cm³/mol. The standard InChI is InChI=1S/C18H26N6S/c1-23(2)12-10-19-18(25)20-15-8-6-7-14(13-15)17-22-21-16-9-4-3-5-11-24(16)17/h6-8,13H,3-5,9-12H2,1-2H3,(H2,19,20,25). The number of hydrogen-bond acceptors (Lipinski definition) is 4. The summed E-state index contributed by atoms with van der Waals surface area (Å²) in [6, 6.07) is 8.21. The predicted octanol–water partition coefficient (Wildman–Crippen LogP) is 2.52. The SMILES string of the molecule is CN(C)CCNC(=S)Nc1cccc(-c2nnc3n2CCCCC3)c1. The number of nitrogens with one attached hydrogen (secondary N) is 2. The van der Waals surface area contributed by atoms with Crippen LogP contribution in [0, 0.1) is 0 Å². The van der Waals surface area contributed by atoms with Crippen molar-refractivity contribution in [3.8, 4) is 11.4 Å². The van der Waals surface area contributed by atoms with E-state index in [0.717, 1.165) is 49.0 Å². The molecule has 3 rings (SSSR count). The zero-order valence-corrected chi connectivity index (χ0v) is 15.8. The van der Waals surface area contributed by atoms with Gasteiger partial charge in [0.2, 0.25) is 0 Å². The van der Waals surface area contributed by atoms with E-state index in [0.29, 0.717) is 5.11 Å². The lowest BCUT2D eigenvalue weighted by atomic mass is 10.2. The molecule has 0 radical (unpaired) electrons. The lowest BCUT2D eigenvalue weighted by molar-refractivity contribution is 0.413. The molecule has 2 heterocycles. The van der Waals surface area contributed by atoms with Crippen LogP contribution in [0.25, 0.3) is 11.4 Å². The van der Waals surface area contributed by atoms with Crippen molar-refractivity contribution in [2.75, 3.05) is 32.5 Å². The van der Waals surface area contributed by atoms with Crippen molar-refractivity contribution in [1.29, 1.82) is 0 Å². The molecule has 1 aromatic heterocycles. The molecule has 0 atom stereocenters. The summed E-state index contributed by atoms with van der Waals surface area (Å²) in [4.78, 5) is 2.12. The number of nitrogens with zero attached hydrogens (tertiary/aromatic N) is 4. The molecular formula is C18H26N6S. The topological polar surface area (TPSA) is 58.0 Å². The van der Waals surface area contributed by atoms with Gasteiger partial charge in [-0.1, -0.05) is 18.6 Å². The van der Waals surface area contributed by atoms with Crippen LogP contribution in [0.3, 0.4) is 0 Å². The molecule has 0 amide bonds. The second-order valence-electron chi connectivity index (χ2n) is 6.67. The van der Waals surface area contributed by atoms with Crippen LogP contribution in [0.2, 0.25) is 0 Å². The molecule has 0 bridgehead atoms. The average Bonchev–Trinajstić information content (AvgIpc) is 2.83. The molecule has 0 spiro atoms. The Bertz CT molecular complexity index is 724. The first kappa shape index (κ1) is 17.8. The second-order valence-corrected chi connectivity index (χ2v) is 7.08. The number of benzene rings is 1. The first-order chi connectivity index (χ1) is 12.1. The van der Waals surface area contributed by atoms with E-state index >= 15 is 0 Å². The summed E-state index contributed by atoms with van der Waals surface area (Å²) in [5, 5.41) is 15.9. The molecule has 0 saturated carbocycles. The Labute approximate surface area is 154 Å². The molecule has 7 heteroatoms. The lowest BCUT2D eigenvalue weighted by Crippen LogP contribution is -2.34. The molecule has 134 valence electrons. The van der Waals surface area contributed by atoms with Gasteiger partial charge in [-0.05, 0) is 51.3 Å². The molecule has 2 N–H and O–H groups in total. The highest BCUT2D eigenvalue weighted by Gasteiger charge is 2.16. The fourth-order valence-corrected chi connectivity index (χ4v) is 3.22. The van der Waals surface area contributed by atoms with Crippen LogP contribution in [-0.4, -0.2) is 52.0 Å². The van der Waals surface area contributed by atoms with Crippen LogP contribution in [0.15, 0.2) is 24.3 Å². The minimum absolute atomic E-state index is 0.638. The molecular weight excluding hydrogens is 332 g/mol.